The summed E-state index contributed by atoms with van der Waals surface area (Å²) in [5, 5.41) is 3.03. The van der Waals surface area contributed by atoms with Crippen LogP contribution < -0.4 is 5.32 Å². The van der Waals surface area contributed by atoms with Gasteiger partial charge in [-0.2, -0.15) is 13.2 Å². The highest BCUT2D eigenvalue weighted by Gasteiger charge is 2.37. The largest absolute Gasteiger partial charge is 0.451 e. The molecule has 3 aromatic rings. The molecule has 0 spiro atoms. The fraction of sp³-hybridized carbons (Fsp3) is 0.353. The van der Waals surface area contributed by atoms with Crippen molar-refractivity contribution in [3.63, 3.8) is 0 Å². The van der Waals surface area contributed by atoms with Crippen molar-refractivity contribution < 1.29 is 13.2 Å². The van der Waals surface area contributed by atoms with Gasteiger partial charge < -0.3 is 9.88 Å². The summed E-state index contributed by atoms with van der Waals surface area (Å²) in [6.45, 7) is 2.37. The molecule has 1 aliphatic rings. The van der Waals surface area contributed by atoms with Gasteiger partial charge in [0.1, 0.15) is 5.52 Å². The van der Waals surface area contributed by atoms with Crippen molar-refractivity contribution in [2.75, 3.05) is 5.32 Å². The first kappa shape index (κ1) is 15.9. The number of imidazole rings is 1. The Morgan fingerprint density at radius 1 is 1.20 bits per heavy atom. The van der Waals surface area contributed by atoms with E-state index in [4.69, 9.17) is 0 Å². The molecule has 1 fully saturated rings. The molecule has 0 unspecified atom stereocenters. The lowest BCUT2D eigenvalue weighted by Crippen LogP contribution is -2.15. The van der Waals surface area contributed by atoms with Gasteiger partial charge in [-0.3, -0.25) is 0 Å². The maximum absolute atomic E-state index is 13.2. The van der Waals surface area contributed by atoms with E-state index in [-0.39, 0.29) is 17.5 Å². The van der Waals surface area contributed by atoms with Gasteiger partial charge in [-0.1, -0.05) is 24.3 Å². The van der Waals surface area contributed by atoms with Gasteiger partial charge in [-0.25, -0.2) is 15.0 Å². The fourth-order valence-corrected chi connectivity index (χ4v) is 2.68. The number of nitrogens with one attached hydrogen (secondary N) is 1. The van der Waals surface area contributed by atoms with Crippen molar-refractivity contribution >= 4 is 17.0 Å². The van der Waals surface area contributed by atoms with Gasteiger partial charge in [0.2, 0.25) is 5.82 Å². The molecule has 0 bridgehead atoms. The lowest BCUT2D eigenvalue weighted by molar-refractivity contribution is -0.144. The summed E-state index contributed by atoms with van der Waals surface area (Å²) in [6, 6.07) is 7.89. The van der Waals surface area contributed by atoms with Gasteiger partial charge >= 0.3 is 6.18 Å². The highest BCUT2D eigenvalue weighted by atomic mass is 19.4. The summed E-state index contributed by atoms with van der Waals surface area (Å²) in [7, 11) is 0. The molecule has 2 heterocycles. The van der Waals surface area contributed by atoms with E-state index in [0.717, 1.165) is 24.0 Å². The molecule has 1 aliphatic carbocycles. The topological polar surface area (TPSA) is 55.6 Å². The third-order valence-corrected chi connectivity index (χ3v) is 4.24. The molecule has 0 saturated heterocycles. The number of halogens is 3. The first-order valence-corrected chi connectivity index (χ1v) is 8.03. The summed E-state index contributed by atoms with van der Waals surface area (Å²) in [5.74, 6) is -0.988. The van der Waals surface area contributed by atoms with Gasteiger partial charge in [-0.05, 0) is 30.9 Å². The number of hydrogen-bond acceptors (Lipinski definition) is 4. The van der Waals surface area contributed by atoms with E-state index in [1.807, 2.05) is 31.2 Å². The van der Waals surface area contributed by atoms with Gasteiger partial charge in [0.25, 0.3) is 0 Å². The Morgan fingerprint density at radius 3 is 2.64 bits per heavy atom. The third kappa shape index (κ3) is 3.16. The monoisotopic (exact) mass is 347 g/mol. The molecular formula is C17H16F3N5. The molecule has 0 radical (unpaired) electrons. The Hall–Kier alpha value is -2.64. The van der Waals surface area contributed by atoms with Crippen LogP contribution in [0.2, 0.25) is 0 Å². The molecule has 8 heteroatoms. The maximum Gasteiger partial charge on any atom is 0.451 e. The Morgan fingerprint density at radius 2 is 1.96 bits per heavy atom. The number of alkyl halides is 3. The van der Waals surface area contributed by atoms with Crippen molar-refractivity contribution in [2.45, 2.75) is 38.5 Å². The van der Waals surface area contributed by atoms with Crippen LogP contribution in [0.4, 0.5) is 19.0 Å². The van der Waals surface area contributed by atoms with Gasteiger partial charge in [0, 0.05) is 6.04 Å². The van der Waals surface area contributed by atoms with Crippen molar-refractivity contribution in [2.24, 2.45) is 0 Å². The van der Waals surface area contributed by atoms with Gasteiger partial charge in [0.15, 0.2) is 11.5 Å². The van der Waals surface area contributed by atoms with Crippen molar-refractivity contribution in [1.29, 1.82) is 0 Å². The first-order chi connectivity index (χ1) is 11.9. The van der Waals surface area contributed by atoms with Gasteiger partial charge in [0.05, 0.1) is 12.9 Å². The minimum atomic E-state index is -4.61. The van der Waals surface area contributed by atoms with E-state index < -0.39 is 12.0 Å². The Bertz CT molecular complexity index is 928. The van der Waals surface area contributed by atoms with E-state index in [2.05, 4.69) is 20.3 Å². The molecule has 0 amide bonds. The lowest BCUT2D eigenvalue weighted by Gasteiger charge is -2.11. The molecule has 1 aromatic carbocycles. The number of anilines is 1. The molecular weight excluding hydrogens is 331 g/mol. The molecule has 1 saturated carbocycles. The average Bonchev–Trinajstić information content (AvgIpc) is 3.28. The van der Waals surface area contributed by atoms with Crippen LogP contribution in [0.15, 0.2) is 30.6 Å². The van der Waals surface area contributed by atoms with E-state index in [1.165, 1.54) is 6.33 Å². The Kier molecular flexibility index (Phi) is 3.63. The molecule has 0 aliphatic heterocycles. The first-order valence-electron chi connectivity index (χ1n) is 8.03. The summed E-state index contributed by atoms with van der Waals surface area (Å²) < 4.78 is 41.2. The van der Waals surface area contributed by atoms with Crippen LogP contribution in [0.3, 0.4) is 0 Å². The van der Waals surface area contributed by atoms with Crippen LogP contribution in [0, 0.1) is 6.92 Å². The van der Waals surface area contributed by atoms with Crippen LogP contribution >= 0.6 is 0 Å². The van der Waals surface area contributed by atoms with Crippen molar-refractivity contribution in [3.05, 3.63) is 47.5 Å². The molecule has 130 valence electrons. The summed E-state index contributed by atoms with van der Waals surface area (Å²) >= 11 is 0. The van der Waals surface area contributed by atoms with Crippen LogP contribution in [0.25, 0.3) is 11.2 Å². The highest BCUT2D eigenvalue weighted by molar-refractivity contribution is 5.83. The van der Waals surface area contributed by atoms with E-state index in [0.29, 0.717) is 12.1 Å². The second-order valence-corrected chi connectivity index (χ2v) is 6.28. The number of aromatic nitrogens is 4. The summed E-state index contributed by atoms with van der Waals surface area (Å²) in [6.07, 6.45) is -1.23. The van der Waals surface area contributed by atoms with Crippen molar-refractivity contribution in [1.82, 2.24) is 19.5 Å². The SMILES string of the molecule is Cc1ccccc1Cn1cnc2c(NC3CC3)nc(C(F)(F)F)nc21. The zero-order valence-electron chi connectivity index (χ0n) is 13.5. The predicted octanol–water partition coefficient (Wildman–Crippen LogP) is 3.78. The zero-order chi connectivity index (χ0) is 17.6. The number of nitrogens with zero attached hydrogens (tertiary/aromatic N) is 4. The number of aryl methyl sites for hydroxylation is 1. The standard InChI is InChI=1S/C17H16F3N5/c1-10-4-2-3-5-11(10)8-25-9-21-13-14(22-12-6-7-12)23-16(17(18,19)20)24-15(13)25/h2-5,9,12H,6-8H2,1H3,(H,22,23,24). The van der Waals surface area contributed by atoms with Crippen LogP contribution in [0.5, 0.6) is 0 Å². The van der Waals surface area contributed by atoms with E-state index in [1.54, 1.807) is 4.57 Å². The molecule has 1 N–H and O–H groups in total. The fourth-order valence-electron chi connectivity index (χ4n) is 2.68. The minimum absolute atomic E-state index is 0.156. The van der Waals surface area contributed by atoms with Crippen molar-refractivity contribution in [3.8, 4) is 0 Å². The second-order valence-electron chi connectivity index (χ2n) is 6.28. The Labute approximate surface area is 141 Å². The van der Waals surface area contributed by atoms with E-state index in [9.17, 15) is 13.2 Å². The van der Waals surface area contributed by atoms with Gasteiger partial charge in [-0.15, -0.1) is 0 Å². The third-order valence-electron chi connectivity index (χ3n) is 4.24. The predicted molar refractivity (Wildman–Crippen MR) is 87.3 cm³/mol. The Balaban J connectivity index is 1.81. The zero-order valence-corrected chi connectivity index (χ0v) is 13.5. The number of benzene rings is 1. The molecule has 2 aromatic heterocycles. The average molecular weight is 347 g/mol. The summed E-state index contributed by atoms with van der Waals surface area (Å²) in [4.78, 5) is 11.7. The quantitative estimate of drug-likeness (QED) is 0.780. The summed E-state index contributed by atoms with van der Waals surface area (Å²) in [5.41, 5.74) is 2.62. The molecule has 5 nitrogen and oxygen atoms in total. The van der Waals surface area contributed by atoms with Crippen LogP contribution in [0.1, 0.15) is 29.8 Å². The molecule has 4 rings (SSSR count). The lowest BCUT2D eigenvalue weighted by atomic mass is 10.1. The maximum atomic E-state index is 13.2. The minimum Gasteiger partial charge on any atom is -0.365 e. The number of rotatable bonds is 4. The number of hydrogen-bond donors (Lipinski definition) is 1. The van der Waals surface area contributed by atoms with Crippen LogP contribution in [-0.4, -0.2) is 25.6 Å². The van der Waals surface area contributed by atoms with E-state index >= 15 is 0 Å². The second kappa shape index (κ2) is 5.72. The highest BCUT2D eigenvalue weighted by Crippen LogP contribution is 2.32. The smallest absolute Gasteiger partial charge is 0.365 e. The molecule has 25 heavy (non-hydrogen) atoms. The number of fused-ring (bicyclic) bond motifs is 1. The normalized spacial score (nSPS) is 14.9. The molecule has 0 atom stereocenters. The van der Waals surface area contributed by atoms with Crippen LogP contribution in [-0.2, 0) is 12.7 Å².